The van der Waals surface area contributed by atoms with Crippen molar-refractivity contribution < 1.29 is 19.1 Å². The standard InChI is InChI=1S/C26H29N3O4/c1-4-33-22-13-11-21(12-14-22)29-25(31)23(19-7-9-20(10-8-19)27-18(3)30)24(26(29)32)28-15-5-6-17(2)16-28/h7-14,17H,4-6,15-16H2,1-3H3,(H,27,30). The molecule has 0 aliphatic carbocycles. The zero-order chi connectivity index (χ0) is 23.5. The quantitative estimate of drug-likeness (QED) is 0.676. The first-order chi connectivity index (χ1) is 15.9. The summed E-state index contributed by atoms with van der Waals surface area (Å²) in [6.07, 6.45) is 2.08. The molecule has 4 rings (SSSR count). The zero-order valence-electron chi connectivity index (χ0n) is 19.3. The van der Waals surface area contributed by atoms with Crippen molar-refractivity contribution in [2.45, 2.75) is 33.6 Å². The highest BCUT2D eigenvalue weighted by atomic mass is 16.5. The van der Waals surface area contributed by atoms with E-state index in [2.05, 4.69) is 17.1 Å². The molecule has 0 spiro atoms. The molecule has 7 heteroatoms. The molecule has 1 unspecified atom stereocenters. The Kier molecular flexibility index (Phi) is 6.49. The predicted molar refractivity (Wildman–Crippen MR) is 128 cm³/mol. The highest BCUT2D eigenvalue weighted by molar-refractivity contribution is 6.45. The molecule has 2 aliphatic heterocycles. The van der Waals surface area contributed by atoms with Gasteiger partial charge in [-0.15, -0.1) is 0 Å². The summed E-state index contributed by atoms with van der Waals surface area (Å²) in [6, 6.07) is 14.1. The van der Waals surface area contributed by atoms with E-state index < -0.39 is 0 Å². The van der Waals surface area contributed by atoms with Gasteiger partial charge < -0.3 is 15.0 Å². The summed E-state index contributed by atoms with van der Waals surface area (Å²) in [5.41, 5.74) is 2.66. The molecule has 0 aromatic heterocycles. The van der Waals surface area contributed by atoms with Crippen molar-refractivity contribution in [2.24, 2.45) is 5.92 Å². The van der Waals surface area contributed by atoms with Gasteiger partial charge in [-0.2, -0.15) is 0 Å². The average molecular weight is 448 g/mol. The Labute approximate surface area is 194 Å². The van der Waals surface area contributed by atoms with Crippen LogP contribution in [0.15, 0.2) is 54.2 Å². The monoisotopic (exact) mass is 447 g/mol. The fourth-order valence-corrected chi connectivity index (χ4v) is 4.48. The largest absolute Gasteiger partial charge is 0.494 e. The Morgan fingerprint density at radius 3 is 2.36 bits per heavy atom. The Hall–Kier alpha value is -3.61. The number of amides is 3. The van der Waals surface area contributed by atoms with Crippen LogP contribution in [0.4, 0.5) is 11.4 Å². The molecule has 0 radical (unpaired) electrons. The summed E-state index contributed by atoms with van der Waals surface area (Å²) >= 11 is 0. The van der Waals surface area contributed by atoms with Gasteiger partial charge in [0.15, 0.2) is 0 Å². The van der Waals surface area contributed by atoms with Crippen LogP contribution in [-0.4, -0.2) is 42.3 Å². The normalized spacial score (nSPS) is 18.7. The summed E-state index contributed by atoms with van der Waals surface area (Å²) < 4.78 is 5.50. The van der Waals surface area contributed by atoms with Crippen molar-refractivity contribution in [3.8, 4) is 5.75 Å². The van der Waals surface area contributed by atoms with E-state index in [0.29, 0.717) is 46.5 Å². The lowest BCUT2D eigenvalue weighted by Crippen LogP contribution is -2.39. The van der Waals surface area contributed by atoms with Gasteiger partial charge in [0, 0.05) is 25.7 Å². The fourth-order valence-electron chi connectivity index (χ4n) is 4.48. The van der Waals surface area contributed by atoms with E-state index in [1.54, 1.807) is 48.5 Å². The highest BCUT2D eigenvalue weighted by Gasteiger charge is 2.43. The molecule has 1 saturated heterocycles. The number of piperidine rings is 1. The van der Waals surface area contributed by atoms with Gasteiger partial charge in [-0.1, -0.05) is 19.1 Å². The molecule has 172 valence electrons. The maximum atomic E-state index is 13.6. The van der Waals surface area contributed by atoms with Gasteiger partial charge in [-0.3, -0.25) is 14.4 Å². The molecular weight excluding hydrogens is 418 g/mol. The summed E-state index contributed by atoms with van der Waals surface area (Å²) in [4.78, 5) is 42.0. The predicted octanol–water partition coefficient (Wildman–Crippen LogP) is 4.06. The lowest BCUT2D eigenvalue weighted by molar-refractivity contribution is -0.121. The van der Waals surface area contributed by atoms with E-state index >= 15 is 0 Å². The second kappa shape index (κ2) is 9.48. The molecule has 1 atom stereocenters. The number of imide groups is 1. The van der Waals surface area contributed by atoms with Crippen molar-refractivity contribution in [3.63, 3.8) is 0 Å². The molecule has 2 aliphatic rings. The van der Waals surface area contributed by atoms with E-state index in [0.717, 1.165) is 25.9 Å². The minimum absolute atomic E-state index is 0.168. The molecule has 3 amide bonds. The SMILES string of the molecule is CCOc1ccc(N2C(=O)C(c3ccc(NC(C)=O)cc3)=C(N3CCCC(C)C3)C2=O)cc1. The second-order valence-corrected chi connectivity index (χ2v) is 8.55. The Bertz CT molecular complexity index is 1090. The first-order valence-corrected chi connectivity index (χ1v) is 11.4. The maximum absolute atomic E-state index is 13.6. The number of ether oxygens (including phenoxy) is 1. The second-order valence-electron chi connectivity index (χ2n) is 8.55. The van der Waals surface area contributed by atoms with Crippen LogP contribution in [-0.2, 0) is 14.4 Å². The van der Waals surface area contributed by atoms with Crippen LogP contribution in [0.3, 0.4) is 0 Å². The highest BCUT2D eigenvalue weighted by Crippen LogP contribution is 2.37. The fraction of sp³-hybridized carbons (Fsp3) is 0.346. The van der Waals surface area contributed by atoms with Gasteiger partial charge in [0.1, 0.15) is 11.4 Å². The topological polar surface area (TPSA) is 79.0 Å². The molecule has 1 N–H and O–H groups in total. The van der Waals surface area contributed by atoms with Crippen molar-refractivity contribution in [1.29, 1.82) is 0 Å². The van der Waals surface area contributed by atoms with Crippen LogP contribution in [0, 0.1) is 5.92 Å². The van der Waals surface area contributed by atoms with Crippen molar-refractivity contribution >= 4 is 34.7 Å². The molecule has 33 heavy (non-hydrogen) atoms. The number of anilines is 2. The number of carbonyl (C=O) groups is 3. The number of nitrogens with zero attached hydrogens (tertiary/aromatic N) is 2. The Morgan fingerprint density at radius 1 is 1.06 bits per heavy atom. The number of likely N-dealkylation sites (tertiary alicyclic amines) is 1. The van der Waals surface area contributed by atoms with E-state index in [-0.39, 0.29) is 17.7 Å². The maximum Gasteiger partial charge on any atom is 0.282 e. The van der Waals surface area contributed by atoms with Crippen molar-refractivity contribution in [2.75, 3.05) is 29.9 Å². The molecule has 7 nitrogen and oxygen atoms in total. The molecule has 0 bridgehead atoms. The van der Waals surface area contributed by atoms with Gasteiger partial charge >= 0.3 is 0 Å². The molecular formula is C26H29N3O4. The zero-order valence-corrected chi connectivity index (χ0v) is 19.3. The summed E-state index contributed by atoms with van der Waals surface area (Å²) in [6.45, 7) is 7.53. The van der Waals surface area contributed by atoms with Gasteiger partial charge in [0.25, 0.3) is 11.8 Å². The molecule has 1 fully saturated rings. The average Bonchev–Trinajstić information content (AvgIpc) is 3.05. The first kappa shape index (κ1) is 22.6. The molecule has 2 aromatic carbocycles. The van der Waals surface area contributed by atoms with Gasteiger partial charge in [0.05, 0.1) is 17.9 Å². The molecule has 2 heterocycles. The van der Waals surface area contributed by atoms with Crippen molar-refractivity contribution in [3.05, 3.63) is 59.8 Å². The van der Waals surface area contributed by atoms with E-state index in [9.17, 15) is 14.4 Å². The summed E-state index contributed by atoms with van der Waals surface area (Å²) in [5, 5.41) is 2.73. The molecule has 0 saturated carbocycles. The van der Waals surface area contributed by atoms with Crippen LogP contribution in [0.2, 0.25) is 0 Å². The van der Waals surface area contributed by atoms with Gasteiger partial charge in [-0.25, -0.2) is 4.90 Å². The van der Waals surface area contributed by atoms with Crippen molar-refractivity contribution in [1.82, 2.24) is 4.90 Å². The lowest BCUT2D eigenvalue weighted by Gasteiger charge is -2.33. The van der Waals surface area contributed by atoms with E-state index in [1.165, 1.54) is 11.8 Å². The van der Waals surface area contributed by atoms with Crippen LogP contribution < -0.4 is 15.0 Å². The minimum Gasteiger partial charge on any atom is -0.494 e. The lowest BCUT2D eigenvalue weighted by atomic mass is 9.97. The number of benzene rings is 2. The minimum atomic E-state index is -0.343. The summed E-state index contributed by atoms with van der Waals surface area (Å²) in [5.74, 6) is 0.312. The van der Waals surface area contributed by atoms with E-state index in [1.807, 2.05) is 6.92 Å². The summed E-state index contributed by atoms with van der Waals surface area (Å²) in [7, 11) is 0. The van der Waals surface area contributed by atoms with Crippen LogP contribution in [0.1, 0.15) is 39.2 Å². The van der Waals surface area contributed by atoms with Gasteiger partial charge in [-0.05, 0) is 67.6 Å². The van der Waals surface area contributed by atoms with E-state index in [4.69, 9.17) is 4.74 Å². The number of rotatable bonds is 6. The van der Waals surface area contributed by atoms with Crippen LogP contribution in [0.25, 0.3) is 5.57 Å². The number of hydrogen-bond donors (Lipinski definition) is 1. The Balaban J connectivity index is 1.74. The third kappa shape index (κ3) is 4.62. The smallest absolute Gasteiger partial charge is 0.282 e. The third-order valence-electron chi connectivity index (χ3n) is 5.93. The molecule has 2 aromatic rings. The van der Waals surface area contributed by atoms with Gasteiger partial charge in [0.2, 0.25) is 5.91 Å². The number of carbonyl (C=O) groups excluding carboxylic acids is 3. The number of hydrogen-bond acceptors (Lipinski definition) is 5. The number of nitrogens with one attached hydrogen (secondary N) is 1. The van der Waals surface area contributed by atoms with Crippen LogP contribution in [0.5, 0.6) is 5.75 Å². The third-order valence-corrected chi connectivity index (χ3v) is 5.93. The Morgan fingerprint density at radius 2 is 1.76 bits per heavy atom. The van der Waals surface area contributed by atoms with Crippen LogP contribution >= 0.6 is 0 Å². The first-order valence-electron chi connectivity index (χ1n) is 11.4.